The number of amides is 2. The Morgan fingerprint density at radius 3 is 1.82 bits per heavy atom. The smallest absolute Gasteiger partial charge is 0.280 e. The molecule has 9 aromatic heterocycles. The van der Waals surface area contributed by atoms with E-state index in [1.165, 1.54) is 36.2 Å². The number of hydrogen-bond donors (Lipinski definition) is 9. The second-order valence-electron chi connectivity index (χ2n) is 29.9. The summed E-state index contributed by atoms with van der Waals surface area (Å²) in [6.45, 7) is 23.9. The van der Waals surface area contributed by atoms with E-state index in [0.29, 0.717) is 65.4 Å². The number of nitrogens with one attached hydrogen (secondary N) is 4. The summed E-state index contributed by atoms with van der Waals surface area (Å²) in [6.07, 6.45) is 10.7. The number of rotatable bonds is 16. The number of aliphatic hydroxyl groups is 5. The Morgan fingerprint density at radius 2 is 1.21 bits per heavy atom. The number of carbonyl (C=O) groups is 2. The highest BCUT2D eigenvalue weighted by Gasteiger charge is 2.51. The van der Waals surface area contributed by atoms with Crippen molar-refractivity contribution in [3.05, 3.63) is 135 Å². The summed E-state index contributed by atoms with van der Waals surface area (Å²) >= 11 is 12.0. The summed E-state index contributed by atoms with van der Waals surface area (Å²) in [5.74, 6) is -1.36. The standard InChI is InChI=1S/C21H35N5O5Si.C19H19FN4O3.C13H14Cl2N2O2.C11H14N4O2.C10H13N5O3/c1-9-12-14(27)15(31-32(7,8)21(4,5)6)19(30-12)26-10-22-13-16(26)23-20(25-18(13)29)24-17(28)11(2)3;1-2-14-13(25)8-15(27-14)24-9-12(20)16-17(21-10-22-18(16)24)23-19(26)11-6-4-3-5-7-11;1-2-12-11(18)5-13(19-12)17-6-16-9-3-7(14)8(15)4-10(9)17;1-2-9-8(16)3-10(17-9)15-6-14-7-4-12-5-13-11(7)15;1-2-6-5(16)3-7(18-6)15-9-8(13-14-15)10(17)12-4-11-9/h10-12,14-15,19,27H,9H2,1-8H3,(H2,23,24,25,28,29);3-7,9-10,13-15,25H,2,8H2,1H3,(H,21,22,23,26);3-4,6,11-13,18H,2,5H2,1H3;4-6,8-10,16H,2-3H2,1H3;4-7,16H,2-3H2,1H3,(H,11,12,17)/t12-,14-,15-,19-;13-,14+,15+;11-,12+,13+;8-,9+,10+;5-,6+,7+/m10000/s1. The zero-order valence-corrected chi connectivity index (χ0v) is 67.0. The van der Waals surface area contributed by atoms with Crippen LogP contribution in [-0.4, -0.2) is 201 Å². The molecule has 5 aliphatic heterocycles. The van der Waals surface area contributed by atoms with Crippen molar-refractivity contribution in [2.75, 3.05) is 10.6 Å². The molecular weight excluding hydrogens is 1530 g/mol. The molecule has 5 aliphatic rings. The number of imidazole rings is 3. The number of aliphatic hydroxyl groups excluding tert-OH is 5. The van der Waals surface area contributed by atoms with Gasteiger partial charge in [0.25, 0.3) is 17.0 Å². The summed E-state index contributed by atoms with van der Waals surface area (Å²) in [5, 5.41) is 64.6. The maximum Gasteiger partial charge on any atom is 0.280 e. The SMILES string of the molecule is CC[C@H]1O[C@@H](n2cc(F)c3c(NC(=O)c4ccccc4)ncnc32)C[C@@H]1O.CC[C@H]1O[C@@H](n2cnc3c(=O)[nH]c(NC(=O)C(C)C)nc32)[C@H](O[Si](C)(C)C(C)(C)C)[C@@H]1O.CC[C@H]1O[C@@H](n2cnc3cc(Cl)c(Cl)cc32)C[C@@H]1O.CC[C@H]1O[C@@H](n2cnc3cncnc32)C[C@@H]1O.CC[C@H]1O[C@@H](n2nnc3c(=O)[nH]cnc32)C[C@@H]1O. The highest BCUT2D eigenvalue weighted by Crippen LogP contribution is 2.44. The van der Waals surface area contributed by atoms with Gasteiger partial charge in [-0.1, -0.05) is 116 Å². The lowest BCUT2D eigenvalue weighted by molar-refractivity contribution is -0.119. The lowest BCUT2D eigenvalue weighted by Crippen LogP contribution is -2.48. The van der Waals surface area contributed by atoms with Crippen molar-refractivity contribution in [2.45, 2.75) is 243 Å². The molecule has 16 rings (SSSR count). The van der Waals surface area contributed by atoms with Crippen LogP contribution in [0.4, 0.5) is 16.2 Å². The quantitative estimate of drug-likeness (QED) is 0.0406. The third-order valence-electron chi connectivity index (χ3n) is 21.0. The van der Waals surface area contributed by atoms with Gasteiger partial charge in [-0.15, -0.1) is 5.10 Å². The first kappa shape index (κ1) is 83.4. The highest BCUT2D eigenvalue weighted by molar-refractivity contribution is 6.74. The minimum absolute atomic E-state index is 0.0374. The van der Waals surface area contributed by atoms with E-state index in [0.717, 1.165) is 41.5 Å². The van der Waals surface area contributed by atoms with Crippen molar-refractivity contribution >= 4 is 111 Å². The topological polar surface area (TPSA) is 447 Å². The van der Waals surface area contributed by atoms with Gasteiger partial charge >= 0.3 is 0 Å². The van der Waals surface area contributed by atoms with Crippen LogP contribution in [0.2, 0.25) is 28.2 Å². The van der Waals surface area contributed by atoms with Gasteiger partial charge in [0.15, 0.2) is 60.2 Å². The van der Waals surface area contributed by atoms with Gasteiger partial charge in [0.1, 0.15) is 54.9 Å². The van der Waals surface area contributed by atoms with Crippen molar-refractivity contribution in [3.8, 4) is 0 Å². The lowest BCUT2D eigenvalue weighted by atomic mass is 10.1. The second kappa shape index (κ2) is 35.4. The Bertz CT molecular complexity index is 5250. The van der Waals surface area contributed by atoms with Gasteiger partial charge in [0.2, 0.25) is 11.9 Å². The Kier molecular flexibility index (Phi) is 26.1. The molecule has 0 spiro atoms. The molecule has 0 bridgehead atoms. The summed E-state index contributed by atoms with van der Waals surface area (Å²) in [6, 6.07) is 12.1. The molecule has 5 saturated heterocycles. The fourth-order valence-corrected chi connectivity index (χ4v) is 15.3. The predicted molar refractivity (Wildman–Crippen MR) is 416 cm³/mol. The molecule has 0 unspecified atom stereocenters. The Morgan fingerprint density at radius 1 is 0.646 bits per heavy atom. The van der Waals surface area contributed by atoms with Crippen LogP contribution in [0.15, 0.2) is 102 Å². The fraction of sp³-hybridized carbons (Fsp3) is 0.527. The van der Waals surface area contributed by atoms with Gasteiger partial charge in [0.05, 0.1) is 113 Å². The molecule has 606 valence electrons. The highest BCUT2D eigenvalue weighted by atomic mass is 35.5. The zero-order chi connectivity index (χ0) is 81.1. The number of fused-ring (bicyclic) bond motifs is 5. The molecule has 2 aromatic carbocycles. The van der Waals surface area contributed by atoms with Crippen LogP contribution in [0.25, 0.3) is 55.6 Å². The van der Waals surface area contributed by atoms with Gasteiger partial charge in [-0.2, -0.15) is 9.67 Å². The summed E-state index contributed by atoms with van der Waals surface area (Å²) in [7, 11) is -2.25. The second-order valence-corrected chi connectivity index (χ2v) is 35.5. The number of ether oxygens (including phenoxy) is 5. The van der Waals surface area contributed by atoms with Gasteiger partial charge in [-0.25, -0.2) is 44.3 Å². The van der Waals surface area contributed by atoms with Crippen molar-refractivity contribution in [1.82, 2.24) is 88.1 Å². The van der Waals surface area contributed by atoms with Crippen molar-refractivity contribution < 1.29 is 67.6 Å². The normalized spacial score (nSPS) is 25.6. The molecule has 0 saturated carbocycles. The summed E-state index contributed by atoms with van der Waals surface area (Å²) in [4.78, 5) is 91.0. The van der Waals surface area contributed by atoms with E-state index in [2.05, 4.69) is 110 Å². The molecule has 16 atom stereocenters. The monoisotopic (exact) mass is 1620 g/mol. The zero-order valence-electron chi connectivity index (χ0n) is 64.4. The first-order valence-corrected chi connectivity index (χ1v) is 41.3. The number of anilines is 2. The van der Waals surface area contributed by atoms with E-state index in [-0.39, 0.29) is 99.0 Å². The Balaban J connectivity index is 0.000000134. The van der Waals surface area contributed by atoms with E-state index in [1.807, 2.05) is 43.8 Å². The van der Waals surface area contributed by atoms with Crippen LogP contribution in [0.3, 0.4) is 0 Å². The molecule has 39 heteroatoms. The molecule has 113 heavy (non-hydrogen) atoms. The first-order valence-electron chi connectivity index (χ1n) is 37.7. The minimum atomic E-state index is -2.25. The van der Waals surface area contributed by atoms with Crippen LogP contribution < -0.4 is 21.8 Å². The lowest BCUT2D eigenvalue weighted by Gasteiger charge is -2.40. The van der Waals surface area contributed by atoms with Crippen LogP contribution in [0.1, 0.15) is 169 Å². The number of aromatic nitrogens is 18. The van der Waals surface area contributed by atoms with Crippen LogP contribution in [-0.2, 0) is 32.9 Å². The van der Waals surface area contributed by atoms with Crippen LogP contribution in [0, 0.1) is 11.7 Å². The fourth-order valence-electron chi connectivity index (χ4n) is 13.7. The molecule has 2 amide bonds. The summed E-state index contributed by atoms with van der Waals surface area (Å²) < 4.78 is 58.9. The maximum atomic E-state index is 14.7. The van der Waals surface area contributed by atoms with Crippen molar-refractivity contribution in [3.63, 3.8) is 0 Å². The molecule has 0 aliphatic carbocycles. The molecular formula is C74H95Cl2FN20O15Si. The van der Waals surface area contributed by atoms with Gasteiger partial charge in [0, 0.05) is 43.4 Å². The molecule has 5 fully saturated rings. The molecule has 9 N–H and O–H groups in total. The van der Waals surface area contributed by atoms with Crippen LogP contribution >= 0.6 is 23.2 Å². The number of H-pyrrole nitrogens is 2. The average Bonchev–Trinajstić information content (AvgIpc) is 1.61. The molecule has 0 radical (unpaired) electrons. The number of nitrogens with zero attached hydrogens (tertiary/aromatic N) is 16. The average molecular weight is 1620 g/mol. The summed E-state index contributed by atoms with van der Waals surface area (Å²) in [5.41, 5.74) is 3.98. The van der Waals surface area contributed by atoms with E-state index in [1.54, 1.807) is 84.3 Å². The minimum Gasteiger partial charge on any atom is -0.407 e. The van der Waals surface area contributed by atoms with E-state index in [4.69, 9.17) is 51.3 Å². The van der Waals surface area contributed by atoms with Crippen molar-refractivity contribution in [1.29, 1.82) is 0 Å². The van der Waals surface area contributed by atoms with Gasteiger partial charge < -0.3 is 73.1 Å². The largest absolute Gasteiger partial charge is 0.407 e. The molecule has 11 aromatic rings. The van der Waals surface area contributed by atoms with Crippen molar-refractivity contribution in [2.24, 2.45) is 5.92 Å². The third-order valence-corrected chi connectivity index (χ3v) is 26.2. The van der Waals surface area contributed by atoms with E-state index >= 15 is 0 Å². The number of aromatic amines is 2. The number of halogens is 3. The Labute approximate surface area is 658 Å². The van der Waals surface area contributed by atoms with E-state index in [9.17, 15) is 49.1 Å². The van der Waals surface area contributed by atoms with Gasteiger partial charge in [-0.3, -0.25) is 38.6 Å². The number of benzene rings is 2. The van der Waals surface area contributed by atoms with Crippen LogP contribution in [0.5, 0.6) is 0 Å². The van der Waals surface area contributed by atoms with E-state index < -0.39 is 81.1 Å². The first-order chi connectivity index (χ1) is 53.9. The number of carbonyl (C=O) groups excluding carboxylic acids is 2. The third kappa shape index (κ3) is 17.9. The Hall–Kier alpha value is -9.06. The molecule has 14 heterocycles. The number of hydrogen-bond acceptors (Lipinski definition) is 26. The maximum absolute atomic E-state index is 14.7. The predicted octanol–water partition coefficient (Wildman–Crippen LogP) is 9.51. The molecule has 35 nitrogen and oxygen atoms in total. The van der Waals surface area contributed by atoms with Gasteiger partial charge in [-0.05, 0) is 74.5 Å².